The van der Waals surface area contributed by atoms with Gasteiger partial charge in [-0.3, -0.25) is 9.59 Å². The normalized spacial score (nSPS) is 17.3. The smallest absolute Gasteiger partial charge is 0.254 e. The van der Waals surface area contributed by atoms with Gasteiger partial charge in [-0.15, -0.1) is 0 Å². The van der Waals surface area contributed by atoms with Crippen molar-refractivity contribution < 1.29 is 23.8 Å². The molecule has 0 bridgehead atoms. The molecule has 2 aromatic carbocycles. The molecule has 2 aliphatic heterocycles. The van der Waals surface area contributed by atoms with Crippen molar-refractivity contribution in [3.63, 3.8) is 0 Å². The largest absolute Gasteiger partial charge is 0.497 e. The number of rotatable bonds is 3. The van der Waals surface area contributed by atoms with Crippen molar-refractivity contribution in [3.05, 3.63) is 52.6 Å². The SMILES string of the molecule is COc1cc(OC)cc(C(=O)N2CCC3(CC2)CC(=O)c2cc(C)cc(C)c2O3)c1. The molecule has 2 aliphatic rings. The summed E-state index contributed by atoms with van der Waals surface area (Å²) in [5, 5.41) is 0. The zero-order valence-electron chi connectivity index (χ0n) is 17.9. The molecule has 2 aromatic rings. The number of ketones is 1. The Morgan fingerprint density at radius 2 is 1.63 bits per heavy atom. The maximum absolute atomic E-state index is 13.1. The van der Waals surface area contributed by atoms with Crippen molar-refractivity contribution in [2.45, 2.75) is 38.7 Å². The summed E-state index contributed by atoms with van der Waals surface area (Å²) in [6.07, 6.45) is 1.61. The van der Waals surface area contributed by atoms with E-state index in [-0.39, 0.29) is 11.7 Å². The maximum Gasteiger partial charge on any atom is 0.254 e. The number of hydrogen-bond donors (Lipinski definition) is 0. The summed E-state index contributed by atoms with van der Waals surface area (Å²) in [6, 6.07) is 9.13. The van der Waals surface area contributed by atoms with Crippen molar-refractivity contribution >= 4 is 11.7 Å². The molecule has 0 unspecified atom stereocenters. The fourth-order valence-corrected chi connectivity index (χ4v) is 4.45. The Hall–Kier alpha value is -3.02. The molecule has 0 aromatic heterocycles. The van der Waals surface area contributed by atoms with E-state index in [0.29, 0.717) is 60.7 Å². The van der Waals surface area contributed by atoms with Crippen LogP contribution in [-0.2, 0) is 0 Å². The lowest BCUT2D eigenvalue weighted by molar-refractivity contribution is -0.00621. The molecule has 0 saturated carbocycles. The number of amides is 1. The van der Waals surface area contributed by atoms with E-state index in [1.165, 1.54) is 0 Å². The van der Waals surface area contributed by atoms with Gasteiger partial charge >= 0.3 is 0 Å². The van der Waals surface area contributed by atoms with Gasteiger partial charge in [0, 0.05) is 37.6 Å². The average Bonchev–Trinajstić information content (AvgIpc) is 2.74. The average molecular weight is 409 g/mol. The number of ether oxygens (including phenoxy) is 3. The van der Waals surface area contributed by atoms with Crippen LogP contribution < -0.4 is 14.2 Å². The lowest BCUT2D eigenvalue weighted by atomic mass is 9.81. The molecule has 2 heterocycles. The fourth-order valence-electron chi connectivity index (χ4n) is 4.45. The number of carbonyl (C=O) groups excluding carboxylic acids is 2. The highest BCUT2D eigenvalue weighted by atomic mass is 16.5. The highest BCUT2D eigenvalue weighted by Crippen LogP contribution is 2.41. The summed E-state index contributed by atoms with van der Waals surface area (Å²) in [5.41, 5.74) is 2.72. The second-order valence-corrected chi connectivity index (χ2v) is 8.24. The zero-order chi connectivity index (χ0) is 21.5. The monoisotopic (exact) mass is 409 g/mol. The molecule has 1 amide bonds. The summed E-state index contributed by atoms with van der Waals surface area (Å²) in [4.78, 5) is 27.7. The van der Waals surface area contributed by atoms with E-state index in [4.69, 9.17) is 14.2 Å². The van der Waals surface area contributed by atoms with E-state index in [2.05, 4.69) is 0 Å². The van der Waals surface area contributed by atoms with E-state index in [9.17, 15) is 9.59 Å². The topological polar surface area (TPSA) is 65.1 Å². The Morgan fingerprint density at radius 3 is 2.23 bits per heavy atom. The van der Waals surface area contributed by atoms with Crippen LogP contribution in [0.5, 0.6) is 17.2 Å². The predicted octanol–water partition coefficient (Wildman–Crippen LogP) is 3.96. The number of piperidine rings is 1. The van der Waals surface area contributed by atoms with E-state index >= 15 is 0 Å². The third-order valence-corrected chi connectivity index (χ3v) is 6.08. The van der Waals surface area contributed by atoms with Crippen LogP contribution in [-0.4, -0.2) is 49.5 Å². The number of hydrogen-bond acceptors (Lipinski definition) is 5. The molecule has 1 spiro atoms. The number of fused-ring (bicyclic) bond motifs is 1. The Balaban J connectivity index is 1.51. The van der Waals surface area contributed by atoms with Gasteiger partial charge in [-0.1, -0.05) is 6.07 Å². The molecule has 0 radical (unpaired) electrons. The first-order chi connectivity index (χ1) is 14.3. The molecular formula is C24H27NO5. The third-order valence-electron chi connectivity index (χ3n) is 6.08. The van der Waals surface area contributed by atoms with Gasteiger partial charge in [0.25, 0.3) is 5.91 Å². The van der Waals surface area contributed by atoms with Gasteiger partial charge in [-0.2, -0.15) is 0 Å². The summed E-state index contributed by atoms with van der Waals surface area (Å²) >= 11 is 0. The zero-order valence-corrected chi connectivity index (χ0v) is 17.9. The third kappa shape index (κ3) is 3.62. The molecule has 0 aliphatic carbocycles. The van der Waals surface area contributed by atoms with Gasteiger partial charge in [0.05, 0.1) is 26.2 Å². The molecule has 1 fully saturated rings. The van der Waals surface area contributed by atoms with Crippen LogP contribution >= 0.6 is 0 Å². The van der Waals surface area contributed by atoms with Gasteiger partial charge in [-0.25, -0.2) is 0 Å². The molecule has 1 saturated heterocycles. The van der Waals surface area contributed by atoms with Crippen molar-refractivity contribution in [2.75, 3.05) is 27.3 Å². The molecule has 6 nitrogen and oxygen atoms in total. The van der Waals surface area contributed by atoms with Gasteiger partial charge in [0.2, 0.25) is 0 Å². The van der Waals surface area contributed by atoms with Gasteiger partial charge in [0.1, 0.15) is 22.8 Å². The first kappa shape index (κ1) is 20.3. The first-order valence-corrected chi connectivity index (χ1v) is 10.2. The van der Waals surface area contributed by atoms with Crippen LogP contribution in [0.1, 0.15) is 51.1 Å². The van der Waals surface area contributed by atoms with Crippen LogP contribution in [0.3, 0.4) is 0 Å². The second kappa shape index (κ2) is 7.67. The molecule has 30 heavy (non-hydrogen) atoms. The van der Waals surface area contributed by atoms with E-state index in [1.54, 1.807) is 32.4 Å². The van der Waals surface area contributed by atoms with Crippen molar-refractivity contribution in [3.8, 4) is 17.2 Å². The minimum atomic E-state index is -0.535. The van der Waals surface area contributed by atoms with Crippen LogP contribution in [0.2, 0.25) is 0 Å². The highest BCUT2D eigenvalue weighted by Gasteiger charge is 2.44. The van der Waals surface area contributed by atoms with E-state index in [0.717, 1.165) is 11.1 Å². The lowest BCUT2D eigenvalue weighted by Gasteiger charge is -2.44. The molecule has 158 valence electrons. The Labute approximate surface area is 176 Å². The minimum Gasteiger partial charge on any atom is -0.497 e. The Kier molecular flexibility index (Phi) is 5.18. The number of likely N-dealkylation sites (tertiary alicyclic amines) is 1. The second-order valence-electron chi connectivity index (χ2n) is 8.24. The van der Waals surface area contributed by atoms with E-state index < -0.39 is 5.60 Å². The summed E-state index contributed by atoms with van der Waals surface area (Å²) in [7, 11) is 3.12. The maximum atomic E-state index is 13.1. The molecule has 6 heteroatoms. The van der Waals surface area contributed by atoms with Crippen LogP contribution in [0.25, 0.3) is 0 Å². The number of methoxy groups -OCH3 is 2. The van der Waals surface area contributed by atoms with Crippen molar-refractivity contribution in [2.24, 2.45) is 0 Å². The Morgan fingerprint density at radius 1 is 1.00 bits per heavy atom. The minimum absolute atomic E-state index is 0.0728. The van der Waals surface area contributed by atoms with Crippen molar-refractivity contribution in [1.82, 2.24) is 4.90 Å². The summed E-state index contributed by atoms with van der Waals surface area (Å²) < 4.78 is 17.0. The van der Waals surface area contributed by atoms with E-state index in [1.807, 2.05) is 30.9 Å². The summed E-state index contributed by atoms with van der Waals surface area (Å²) in [5.74, 6) is 1.91. The van der Waals surface area contributed by atoms with Crippen LogP contribution in [0.4, 0.5) is 0 Å². The van der Waals surface area contributed by atoms with Crippen LogP contribution in [0, 0.1) is 13.8 Å². The van der Waals surface area contributed by atoms with Gasteiger partial charge < -0.3 is 19.1 Å². The van der Waals surface area contributed by atoms with Crippen LogP contribution in [0.15, 0.2) is 30.3 Å². The number of Topliss-reactive ketones (excluding diaryl/α,β-unsaturated/α-hetero) is 1. The molecule has 4 rings (SSSR count). The number of nitrogens with zero attached hydrogens (tertiary/aromatic N) is 1. The van der Waals surface area contributed by atoms with Gasteiger partial charge in [-0.05, 0) is 43.2 Å². The molecule has 0 atom stereocenters. The van der Waals surface area contributed by atoms with Crippen molar-refractivity contribution in [1.29, 1.82) is 0 Å². The highest BCUT2D eigenvalue weighted by molar-refractivity contribution is 6.01. The Bertz CT molecular complexity index is 983. The molecule has 0 N–H and O–H groups in total. The quantitative estimate of drug-likeness (QED) is 0.768. The number of benzene rings is 2. The predicted molar refractivity (Wildman–Crippen MR) is 113 cm³/mol. The number of aryl methyl sites for hydroxylation is 2. The standard InChI is InChI=1S/C24H27NO5/c1-15-9-16(2)22-20(10-15)21(26)14-24(30-22)5-7-25(8-6-24)23(27)17-11-18(28-3)13-19(12-17)29-4/h9-13H,5-8,14H2,1-4H3. The summed E-state index contributed by atoms with van der Waals surface area (Å²) in [6.45, 7) is 5.04. The first-order valence-electron chi connectivity index (χ1n) is 10.2. The van der Waals surface area contributed by atoms with Gasteiger partial charge in [0.15, 0.2) is 5.78 Å². The number of carbonyl (C=O) groups is 2. The molecular weight excluding hydrogens is 382 g/mol. The fraction of sp³-hybridized carbons (Fsp3) is 0.417. The lowest BCUT2D eigenvalue weighted by Crippen LogP contribution is -2.52.